The number of rotatable bonds is 7. The molecule has 1 aliphatic carbocycles. The summed E-state index contributed by atoms with van der Waals surface area (Å²) in [4.78, 5) is 0. The summed E-state index contributed by atoms with van der Waals surface area (Å²) in [6.45, 7) is 5.47. The molecule has 1 fully saturated rings. The van der Waals surface area contributed by atoms with Crippen LogP contribution in [0.3, 0.4) is 0 Å². The van der Waals surface area contributed by atoms with E-state index in [4.69, 9.17) is 5.26 Å². The fraction of sp³-hybridized carbons (Fsp3) is 0.929. The van der Waals surface area contributed by atoms with Crippen LogP contribution in [0.4, 0.5) is 0 Å². The number of nitrogens with one attached hydrogen (secondary N) is 1. The second kappa shape index (κ2) is 8.83. The molecular formula is C14H26N2S. The van der Waals surface area contributed by atoms with Crippen LogP contribution in [0, 0.1) is 17.2 Å². The van der Waals surface area contributed by atoms with Crippen LogP contribution in [0.25, 0.3) is 0 Å². The van der Waals surface area contributed by atoms with Crippen LogP contribution < -0.4 is 5.32 Å². The van der Waals surface area contributed by atoms with E-state index in [2.05, 4.69) is 37.0 Å². The van der Waals surface area contributed by atoms with Gasteiger partial charge in [-0.3, -0.25) is 0 Å². The van der Waals surface area contributed by atoms with E-state index in [0.29, 0.717) is 0 Å². The minimum absolute atomic E-state index is 0.0588. The molecule has 1 aliphatic rings. The van der Waals surface area contributed by atoms with Crippen LogP contribution in [-0.2, 0) is 0 Å². The van der Waals surface area contributed by atoms with Crippen LogP contribution in [0.15, 0.2) is 0 Å². The fourth-order valence-corrected chi connectivity index (χ4v) is 3.92. The lowest BCUT2D eigenvalue weighted by molar-refractivity contribution is 0.394. The molecule has 0 saturated heterocycles. The third-order valence-electron chi connectivity index (χ3n) is 3.44. The van der Waals surface area contributed by atoms with E-state index >= 15 is 0 Å². The molecule has 0 amide bonds. The van der Waals surface area contributed by atoms with Crippen molar-refractivity contribution in [2.45, 2.75) is 63.7 Å². The van der Waals surface area contributed by atoms with Gasteiger partial charge in [0.15, 0.2) is 0 Å². The molecule has 98 valence electrons. The maximum atomic E-state index is 9.01. The lowest BCUT2D eigenvalue weighted by Gasteiger charge is -2.26. The van der Waals surface area contributed by atoms with Crippen molar-refractivity contribution in [3.63, 3.8) is 0 Å². The average Bonchev–Trinajstić information content (AvgIpc) is 2.33. The summed E-state index contributed by atoms with van der Waals surface area (Å²) in [6.07, 6.45) is 7.67. The van der Waals surface area contributed by atoms with Crippen molar-refractivity contribution in [2.75, 3.05) is 12.3 Å². The molecule has 0 aliphatic heterocycles. The molecule has 2 nitrogen and oxygen atoms in total. The van der Waals surface area contributed by atoms with Crippen LogP contribution in [0.1, 0.15) is 52.4 Å². The van der Waals surface area contributed by atoms with Crippen molar-refractivity contribution >= 4 is 11.8 Å². The molecule has 17 heavy (non-hydrogen) atoms. The van der Waals surface area contributed by atoms with E-state index in [-0.39, 0.29) is 6.04 Å². The standard InChI is InChI=1S/C14H26N2S/c1-3-8-16-13(11-15)7-9-17-14-6-4-5-12(2)10-14/h12-14,16H,3-10H2,1-2H3. The number of thioether (sulfide) groups is 1. The van der Waals surface area contributed by atoms with E-state index in [1.807, 2.05) is 0 Å². The van der Waals surface area contributed by atoms with Gasteiger partial charge in [0.05, 0.1) is 12.1 Å². The van der Waals surface area contributed by atoms with Crippen molar-refractivity contribution in [1.29, 1.82) is 5.26 Å². The van der Waals surface area contributed by atoms with Crippen LogP contribution in [0.5, 0.6) is 0 Å². The molecule has 0 spiro atoms. The monoisotopic (exact) mass is 254 g/mol. The second-order valence-electron chi connectivity index (χ2n) is 5.19. The maximum Gasteiger partial charge on any atom is 0.0960 e. The van der Waals surface area contributed by atoms with Crippen molar-refractivity contribution in [2.24, 2.45) is 5.92 Å². The van der Waals surface area contributed by atoms with Crippen molar-refractivity contribution < 1.29 is 0 Å². The Morgan fingerprint density at radius 2 is 2.29 bits per heavy atom. The minimum atomic E-state index is 0.0588. The van der Waals surface area contributed by atoms with Gasteiger partial charge in [0.2, 0.25) is 0 Å². The lowest BCUT2D eigenvalue weighted by atomic mass is 9.91. The van der Waals surface area contributed by atoms with Gasteiger partial charge in [0.25, 0.3) is 0 Å². The van der Waals surface area contributed by atoms with Crippen molar-refractivity contribution in [1.82, 2.24) is 5.32 Å². The first kappa shape index (κ1) is 14.9. The zero-order valence-electron chi connectivity index (χ0n) is 11.2. The largest absolute Gasteiger partial charge is 0.302 e. The Hall–Kier alpha value is -0.200. The highest BCUT2D eigenvalue weighted by molar-refractivity contribution is 7.99. The van der Waals surface area contributed by atoms with Gasteiger partial charge in [0, 0.05) is 5.25 Å². The number of nitrogens with zero attached hydrogens (tertiary/aromatic N) is 1. The number of nitriles is 1. The normalized spacial score (nSPS) is 26.4. The predicted octanol–water partition coefficient (Wildman–Crippen LogP) is 3.58. The fourth-order valence-electron chi connectivity index (χ4n) is 2.41. The maximum absolute atomic E-state index is 9.01. The molecule has 0 heterocycles. The summed E-state index contributed by atoms with van der Waals surface area (Å²) in [5.41, 5.74) is 0. The first-order valence-corrected chi connectivity index (χ1v) is 8.05. The van der Waals surface area contributed by atoms with Gasteiger partial charge in [0.1, 0.15) is 0 Å². The topological polar surface area (TPSA) is 35.8 Å². The summed E-state index contributed by atoms with van der Waals surface area (Å²) < 4.78 is 0. The molecule has 0 radical (unpaired) electrons. The molecular weight excluding hydrogens is 228 g/mol. The van der Waals surface area contributed by atoms with Crippen LogP contribution >= 0.6 is 11.8 Å². The zero-order chi connectivity index (χ0) is 12.5. The van der Waals surface area contributed by atoms with Gasteiger partial charge in [-0.2, -0.15) is 17.0 Å². The Morgan fingerprint density at radius 1 is 1.47 bits per heavy atom. The Bertz CT molecular complexity index is 237. The molecule has 3 atom stereocenters. The summed E-state index contributed by atoms with van der Waals surface area (Å²) in [7, 11) is 0. The lowest BCUT2D eigenvalue weighted by Crippen LogP contribution is -2.29. The van der Waals surface area contributed by atoms with Crippen LogP contribution in [0.2, 0.25) is 0 Å². The van der Waals surface area contributed by atoms with Gasteiger partial charge in [-0.15, -0.1) is 0 Å². The third-order valence-corrected chi connectivity index (χ3v) is 4.82. The number of hydrogen-bond donors (Lipinski definition) is 1. The van der Waals surface area contributed by atoms with Gasteiger partial charge in [-0.05, 0) is 43.9 Å². The van der Waals surface area contributed by atoms with Crippen molar-refractivity contribution in [3.05, 3.63) is 0 Å². The molecule has 0 aromatic heterocycles. The van der Waals surface area contributed by atoms with Crippen molar-refractivity contribution in [3.8, 4) is 6.07 Å². The second-order valence-corrected chi connectivity index (χ2v) is 6.60. The highest BCUT2D eigenvalue weighted by Crippen LogP contribution is 2.32. The summed E-state index contributed by atoms with van der Waals surface area (Å²) in [5, 5.41) is 13.2. The van der Waals surface area contributed by atoms with Gasteiger partial charge in [-0.1, -0.05) is 26.7 Å². The number of hydrogen-bond acceptors (Lipinski definition) is 3. The summed E-state index contributed by atoms with van der Waals surface area (Å²) in [6, 6.07) is 2.42. The summed E-state index contributed by atoms with van der Waals surface area (Å²) in [5.74, 6) is 2.04. The highest BCUT2D eigenvalue weighted by atomic mass is 32.2. The minimum Gasteiger partial charge on any atom is -0.302 e. The van der Waals surface area contributed by atoms with Gasteiger partial charge in [-0.25, -0.2) is 0 Å². The van der Waals surface area contributed by atoms with E-state index in [9.17, 15) is 0 Å². The Morgan fingerprint density at radius 3 is 2.94 bits per heavy atom. The molecule has 0 aromatic rings. The van der Waals surface area contributed by atoms with Gasteiger partial charge >= 0.3 is 0 Å². The van der Waals surface area contributed by atoms with Crippen LogP contribution in [-0.4, -0.2) is 23.6 Å². The molecule has 0 aromatic carbocycles. The molecule has 1 rings (SSSR count). The molecule has 3 unspecified atom stereocenters. The average molecular weight is 254 g/mol. The van der Waals surface area contributed by atoms with E-state index < -0.39 is 0 Å². The Labute approximate surface area is 111 Å². The quantitative estimate of drug-likeness (QED) is 0.754. The molecule has 1 saturated carbocycles. The van der Waals surface area contributed by atoms with E-state index in [1.165, 1.54) is 25.7 Å². The predicted molar refractivity (Wildman–Crippen MR) is 76.2 cm³/mol. The molecule has 0 bridgehead atoms. The van der Waals surface area contributed by atoms with E-state index in [0.717, 1.165) is 36.3 Å². The van der Waals surface area contributed by atoms with Gasteiger partial charge < -0.3 is 5.32 Å². The Kier molecular flexibility index (Phi) is 7.72. The Balaban J connectivity index is 2.11. The highest BCUT2D eigenvalue weighted by Gasteiger charge is 2.19. The smallest absolute Gasteiger partial charge is 0.0960 e. The summed E-state index contributed by atoms with van der Waals surface area (Å²) >= 11 is 2.09. The molecule has 1 N–H and O–H groups in total. The third kappa shape index (κ3) is 6.33. The zero-order valence-corrected chi connectivity index (χ0v) is 12.1. The molecule has 3 heteroatoms. The first-order valence-electron chi connectivity index (χ1n) is 7.00. The van der Waals surface area contributed by atoms with E-state index in [1.54, 1.807) is 0 Å². The first-order chi connectivity index (χ1) is 8.26. The SMILES string of the molecule is CCCNC(C#N)CCSC1CCCC(C)C1.